The van der Waals surface area contributed by atoms with Crippen LogP contribution in [0.15, 0.2) is 18.2 Å². The molecule has 0 unspecified atom stereocenters. The van der Waals surface area contributed by atoms with Crippen LogP contribution in [0, 0.1) is 10.1 Å². The molecule has 1 aliphatic heterocycles. The molecule has 0 aliphatic carbocycles. The predicted octanol–water partition coefficient (Wildman–Crippen LogP) is 1.32. The molecule has 1 aromatic carbocycles. The average molecular weight is 300 g/mol. The van der Waals surface area contributed by atoms with Crippen LogP contribution in [0.5, 0.6) is 0 Å². The summed E-state index contributed by atoms with van der Waals surface area (Å²) < 4.78 is 30.6. The fourth-order valence-electron chi connectivity index (χ4n) is 2.23. The zero-order chi connectivity index (χ0) is 14.8. The van der Waals surface area contributed by atoms with E-state index < -0.39 is 14.9 Å². The summed E-state index contributed by atoms with van der Waals surface area (Å²) in [5, 5.41) is 10.8. The third-order valence-electron chi connectivity index (χ3n) is 3.24. The van der Waals surface area contributed by atoms with E-state index in [9.17, 15) is 18.5 Å². The number of nitro benzene ring substituents is 1. The molecule has 110 valence electrons. The Bertz CT molecular complexity index is 614. The fraction of sp³-hybridized carbons (Fsp3) is 0.500. The monoisotopic (exact) mass is 300 g/mol. The van der Waals surface area contributed by atoms with Crippen molar-refractivity contribution in [1.82, 2.24) is 0 Å². The van der Waals surface area contributed by atoms with Gasteiger partial charge in [-0.2, -0.15) is 0 Å². The van der Waals surface area contributed by atoms with E-state index >= 15 is 0 Å². The minimum absolute atomic E-state index is 0.0995. The topological polar surface area (TPSA) is 89.8 Å². The van der Waals surface area contributed by atoms with Gasteiger partial charge in [-0.05, 0) is 18.4 Å². The standard InChI is InChI=1S/C12H16N2O5S/c1-19-7-8-20(17,18)13-6-2-3-10-4-5-11(14(15)16)9-12(10)13/h4-5,9H,2-3,6-8H2,1H3. The smallest absolute Gasteiger partial charge is 0.271 e. The summed E-state index contributed by atoms with van der Waals surface area (Å²) in [6, 6.07) is 4.37. The molecular weight excluding hydrogens is 284 g/mol. The number of ether oxygens (including phenoxy) is 1. The molecule has 1 aromatic rings. The van der Waals surface area contributed by atoms with Crippen LogP contribution in [0.25, 0.3) is 0 Å². The second-order valence-corrected chi connectivity index (χ2v) is 6.57. The van der Waals surface area contributed by atoms with Crippen molar-refractivity contribution in [2.75, 3.05) is 30.3 Å². The summed E-state index contributed by atoms with van der Waals surface area (Å²) in [5.74, 6) is -0.133. The second-order valence-electron chi connectivity index (χ2n) is 4.55. The number of hydrogen-bond acceptors (Lipinski definition) is 5. The van der Waals surface area contributed by atoms with E-state index in [1.54, 1.807) is 6.07 Å². The van der Waals surface area contributed by atoms with Crippen LogP contribution in [-0.4, -0.2) is 39.4 Å². The van der Waals surface area contributed by atoms with Crippen molar-refractivity contribution in [1.29, 1.82) is 0 Å². The van der Waals surface area contributed by atoms with Crippen molar-refractivity contribution in [3.05, 3.63) is 33.9 Å². The highest BCUT2D eigenvalue weighted by Crippen LogP contribution is 2.32. The van der Waals surface area contributed by atoms with Crippen LogP contribution in [-0.2, 0) is 21.2 Å². The number of rotatable bonds is 5. The maximum Gasteiger partial charge on any atom is 0.271 e. The molecule has 7 nitrogen and oxygen atoms in total. The maximum atomic E-state index is 12.3. The lowest BCUT2D eigenvalue weighted by molar-refractivity contribution is -0.384. The SMILES string of the molecule is COCCS(=O)(=O)N1CCCc2ccc([N+](=O)[O-])cc21. The first-order valence-corrected chi connectivity index (χ1v) is 7.83. The van der Waals surface area contributed by atoms with Gasteiger partial charge in [-0.15, -0.1) is 0 Å². The number of hydrogen-bond donors (Lipinski definition) is 0. The minimum atomic E-state index is -3.52. The first kappa shape index (κ1) is 14.7. The third kappa shape index (κ3) is 2.91. The van der Waals surface area contributed by atoms with Gasteiger partial charge in [0.15, 0.2) is 0 Å². The number of nitro groups is 1. The van der Waals surface area contributed by atoms with Crippen molar-refractivity contribution in [3.63, 3.8) is 0 Å². The van der Waals surface area contributed by atoms with Crippen LogP contribution in [0.3, 0.4) is 0 Å². The zero-order valence-electron chi connectivity index (χ0n) is 11.1. The van der Waals surface area contributed by atoms with E-state index in [0.717, 1.165) is 12.0 Å². The van der Waals surface area contributed by atoms with Gasteiger partial charge in [0.05, 0.1) is 23.0 Å². The van der Waals surface area contributed by atoms with Crippen molar-refractivity contribution >= 4 is 21.4 Å². The van der Waals surface area contributed by atoms with E-state index in [4.69, 9.17) is 4.74 Å². The summed E-state index contributed by atoms with van der Waals surface area (Å²) in [7, 11) is -2.08. The Morgan fingerprint density at radius 3 is 2.85 bits per heavy atom. The summed E-state index contributed by atoms with van der Waals surface area (Å²) in [6.45, 7) is 0.448. The molecule has 20 heavy (non-hydrogen) atoms. The minimum Gasteiger partial charge on any atom is -0.384 e. The quantitative estimate of drug-likeness (QED) is 0.604. The van der Waals surface area contributed by atoms with Gasteiger partial charge in [0, 0.05) is 25.8 Å². The third-order valence-corrected chi connectivity index (χ3v) is 4.97. The first-order chi connectivity index (χ1) is 9.45. The van der Waals surface area contributed by atoms with Crippen molar-refractivity contribution in [3.8, 4) is 0 Å². The van der Waals surface area contributed by atoms with E-state index in [1.807, 2.05) is 0 Å². The Kier molecular flexibility index (Phi) is 4.24. The Morgan fingerprint density at radius 2 is 2.20 bits per heavy atom. The van der Waals surface area contributed by atoms with Gasteiger partial charge < -0.3 is 4.74 Å². The Balaban J connectivity index is 2.40. The van der Waals surface area contributed by atoms with E-state index in [2.05, 4.69) is 0 Å². The lowest BCUT2D eigenvalue weighted by Crippen LogP contribution is -2.38. The van der Waals surface area contributed by atoms with Crippen molar-refractivity contribution in [2.45, 2.75) is 12.8 Å². The van der Waals surface area contributed by atoms with Gasteiger partial charge in [0.1, 0.15) is 0 Å². The van der Waals surface area contributed by atoms with E-state index in [0.29, 0.717) is 18.7 Å². The molecule has 0 aromatic heterocycles. The van der Waals surface area contributed by atoms with E-state index in [-0.39, 0.29) is 18.0 Å². The predicted molar refractivity (Wildman–Crippen MR) is 74.4 cm³/mol. The van der Waals surface area contributed by atoms with Crippen molar-refractivity contribution in [2.24, 2.45) is 0 Å². The van der Waals surface area contributed by atoms with Gasteiger partial charge in [-0.25, -0.2) is 8.42 Å². The Labute approximate surface area is 117 Å². The van der Waals surface area contributed by atoms with Gasteiger partial charge >= 0.3 is 0 Å². The summed E-state index contributed by atoms with van der Waals surface area (Å²) >= 11 is 0. The molecule has 0 atom stereocenters. The highest BCUT2D eigenvalue weighted by atomic mass is 32.2. The number of non-ortho nitro benzene ring substituents is 1. The van der Waals surface area contributed by atoms with E-state index in [1.165, 1.54) is 23.5 Å². The number of nitrogens with zero attached hydrogens (tertiary/aromatic N) is 2. The van der Waals surface area contributed by atoms with Gasteiger partial charge in [-0.3, -0.25) is 14.4 Å². The lowest BCUT2D eigenvalue weighted by Gasteiger charge is -2.30. The zero-order valence-corrected chi connectivity index (χ0v) is 11.9. The van der Waals surface area contributed by atoms with Crippen LogP contribution < -0.4 is 4.31 Å². The lowest BCUT2D eigenvalue weighted by atomic mass is 10.0. The molecule has 0 amide bonds. The summed E-state index contributed by atoms with van der Waals surface area (Å²) in [4.78, 5) is 10.3. The second kappa shape index (κ2) is 5.76. The normalized spacial score (nSPS) is 14.9. The molecule has 1 aliphatic rings. The molecule has 8 heteroatoms. The Hall–Kier alpha value is -1.67. The van der Waals surface area contributed by atoms with Crippen LogP contribution in [0.4, 0.5) is 11.4 Å². The summed E-state index contributed by atoms with van der Waals surface area (Å²) in [6.07, 6.45) is 1.43. The molecule has 0 saturated heterocycles. The van der Waals surface area contributed by atoms with Crippen LogP contribution >= 0.6 is 0 Å². The number of benzene rings is 1. The number of fused-ring (bicyclic) bond motifs is 1. The summed E-state index contributed by atoms with van der Waals surface area (Å²) in [5.41, 5.74) is 1.14. The molecular formula is C12H16N2O5S. The molecule has 0 fully saturated rings. The molecule has 0 radical (unpaired) electrons. The number of methoxy groups -OCH3 is 1. The number of sulfonamides is 1. The van der Waals surface area contributed by atoms with Crippen molar-refractivity contribution < 1.29 is 18.1 Å². The molecule has 0 spiro atoms. The van der Waals surface area contributed by atoms with Gasteiger partial charge in [0.2, 0.25) is 10.0 Å². The fourth-order valence-corrected chi connectivity index (χ4v) is 3.71. The number of anilines is 1. The maximum absolute atomic E-state index is 12.3. The number of aryl methyl sites for hydroxylation is 1. The van der Waals surface area contributed by atoms with Gasteiger partial charge in [-0.1, -0.05) is 6.07 Å². The highest BCUT2D eigenvalue weighted by Gasteiger charge is 2.28. The van der Waals surface area contributed by atoms with Crippen LogP contribution in [0.1, 0.15) is 12.0 Å². The molecule has 1 heterocycles. The average Bonchev–Trinajstić information content (AvgIpc) is 2.43. The van der Waals surface area contributed by atoms with Gasteiger partial charge in [0.25, 0.3) is 5.69 Å². The molecule has 0 saturated carbocycles. The largest absolute Gasteiger partial charge is 0.384 e. The molecule has 2 rings (SSSR count). The molecule has 0 bridgehead atoms. The first-order valence-electron chi connectivity index (χ1n) is 6.22. The Morgan fingerprint density at radius 1 is 1.45 bits per heavy atom. The molecule has 0 N–H and O–H groups in total. The highest BCUT2D eigenvalue weighted by molar-refractivity contribution is 7.92. The van der Waals surface area contributed by atoms with Crippen LogP contribution in [0.2, 0.25) is 0 Å².